The van der Waals surface area contributed by atoms with Gasteiger partial charge in [-0.15, -0.1) is 11.3 Å². The van der Waals surface area contributed by atoms with Gasteiger partial charge in [-0.3, -0.25) is 9.59 Å². The van der Waals surface area contributed by atoms with Crippen LogP contribution in [0.5, 0.6) is 0 Å². The predicted octanol–water partition coefficient (Wildman–Crippen LogP) is 3.85. The maximum atomic E-state index is 13.1. The van der Waals surface area contributed by atoms with Crippen molar-refractivity contribution in [3.05, 3.63) is 85.7 Å². The third-order valence-electron chi connectivity index (χ3n) is 5.11. The van der Waals surface area contributed by atoms with Gasteiger partial charge in [0.25, 0.3) is 11.5 Å². The quantitative estimate of drug-likeness (QED) is 0.637. The van der Waals surface area contributed by atoms with Crippen LogP contribution in [0.15, 0.2) is 52.9 Å². The summed E-state index contributed by atoms with van der Waals surface area (Å²) in [5, 5.41) is 0. The van der Waals surface area contributed by atoms with Crippen molar-refractivity contribution in [1.29, 1.82) is 0 Å². The van der Waals surface area contributed by atoms with Crippen molar-refractivity contribution in [3.8, 4) is 0 Å². The second-order valence-electron chi connectivity index (χ2n) is 7.01. The van der Waals surface area contributed by atoms with E-state index in [1.165, 1.54) is 4.88 Å². The summed E-state index contributed by atoms with van der Waals surface area (Å²) >= 11 is 1.59. The van der Waals surface area contributed by atoms with Crippen LogP contribution in [0.25, 0.3) is 0 Å². The number of pyridine rings is 1. The van der Waals surface area contributed by atoms with Crippen molar-refractivity contribution in [2.24, 2.45) is 0 Å². The van der Waals surface area contributed by atoms with Crippen LogP contribution in [0.3, 0.4) is 0 Å². The first-order valence-corrected chi connectivity index (χ1v) is 10.2. The summed E-state index contributed by atoms with van der Waals surface area (Å²) in [5.41, 5.74) is 4.54. The van der Waals surface area contributed by atoms with E-state index in [0.29, 0.717) is 12.1 Å². The normalized spacial score (nSPS) is 12.0. The number of likely N-dealkylation sites (N-methyl/N-ethyl adjacent to an activating group) is 1. The van der Waals surface area contributed by atoms with Crippen LogP contribution in [0.4, 0.5) is 0 Å². The number of amides is 1. The number of aromatic nitrogens is 2. The summed E-state index contributed by atoms with van der Waals surface area (Å²) in [6.45, 7) is 6.30. The maximum Gasteiger partial charge on any atom is 0.264 e. The van der Waals surface area contributed by atoms with Crippen LogP contribution < -0.4 is 5.56 Å². The van der Waals surface area contributed by atoms with Crippen LogP contribution in [-0.4, -0.2) is 34.0 Å². The SMILES string of the molecule is Cc1ccn(C(C)c2ccccc2)c(=O)c1C(=O)N(C)CCc1scnc1C. The smallest absolute Gasteiger partial charge is 0.264 e. The molecule has 0 radical (unpaired) electrons. The molecule has 2 aromatic heterocycles. The number of hydrogen-bond acceptors (Lipinski definition) is 4. The lowest BCUT2D eigenvalue weighted by Gasteiger charge is -2.21. The molecular weight excluding hydrogens is 370 g/mol. The van der Waals surface area contributed by atoms with Crippen molar-refractivity contribution in [2.75, 3.05) is 13.6 Å². The number of aryl methyl sites for hydroxylation is 2. The fourth-order valence-corrected chi connectivity index (χ4v) is 4.00. The average Bonchev–Trinajstić information content (AvgIpc) is 3.11. The number of carbonyl (C=O) groups excluding carboxylic acids is 1. The molecule has 0 saturated heterocycles. The van der Waals surface area contributed by atoms with Gasteiger partial charge < -0.3 is 9.47 Å². The molecule has 3 rings (SSSR count). The van der Waals surface area contributed by atoms with Crippen molar-refractivity contribution in [3.63, 3.8) is 0 Å². The van der Waals surface area contributed by atoms with Gasteiger partial charge in [0.15, 0.2) is 0 Å². The second-order valence-corrected chi connectivity index (χ2v) is 7.95. The van der Waals surface area contributed by atoms with E-state index >= 15 is 0 Å². The van der Waals surface area contributed by atoms with Gasteiger partial charge in [-0.2, -0.15) is 0 Å². The van der Waals surface area contributed by atoms with Gasteiger partial charge in [0.2, 0.25) is 0 Å². The molecule has 1 aromatic carbocycles. The Kier molecular flexibility index (Phi) is 6.09. The summed E-state index contributed by atoms with van der Waals surface area (Å²) in [6, 6.07) is 11.5. The van der Waals surface area contributed by atoms with Gasteiger partial charge in [0, 0.05) is 31.1 Å². The van der Waals surface area contributed by atoms with E-state index in [1.54, 1.807) is 34.0 Å². The lowest BCUT2D eigenvalue weighted by Crippen LogP contribution is -2.37. The molecule has 0 spiro atoms. The molecule has 146 valence electrons. The lowest BCUT2D eigenvalue weighted by molar-refractivity contribution is 0.0793. The molecule has 6 heteroatoms. The van der Waals surface area contributed by atoms with Crippen molar-refractivity contribution < 1.29 is 4.79 Å². The van der Waals surface area contributed by atoms with Gasteiger partial charge in [0.1, 0.15) is 5.56 Å². The van der Waals surface area contributed by atoms with Gasteiger partial charge in [0.05, 0.1) is 17.2 Å². The van der Waals surface area contributed by atoms with Gasteiger partial charge in [-0.1, -0.05) is 30.3 Å². The minimum atomic E-state index is -0.248. The summed E-state index contributed by atoms with van der Waals surface area (Å²) in [7, 11) is 1.75. The Hall–Kier alpha value is -2.73. The van der Waals surface area contributed by atoms with Crippen molar-refractivity contribution in [2.45, 2.75) is 33.2 Å². The zero-order valence-electron chi connectivity index (χ0n) is 16.7. The van der Waals surface area contributed by atoms with Gasteiger partial charge in [-0.05, 0) is 38.0 Å². The largest absolute Gasteiger partial charge is 0.341 e. The lowest BCUT2D eigenvalue weighted by atomic mass is 10.1. The Morgan fingerprint density at radius 3 is 2.57 bits per heavy atom. The molecule has 5 nitrogen and oxygen atoms in total. The highest BCUT2D eigenvalue weighted by Gasteiger charge is 2.21. The van der Waals surface area contributed by atoms with E-state index in [1.807, 2.05) is 62.7 Å². The van der Waals surface area contributed by atoms with Crippen molar-refractivity contribution in [1.82, 2.24) is 14.5 Å². The Morgan fingerprint density at radius 1 is 1.21 bits per heavy atom. The fourth-order valence-electron chi connectivity index (χ4n) is 3.23. The Morgan fingerprint density at radius 2 is 1.93 bits per heavy atom. The van der Waals surface area contributed by atoms with Crippen LogP contribution in [0, 0.1) is 13.8 Å². The van der Waals surface area contributed by atoms with E-state index < -0.39 is 0 Å². The van der Waals surface area contributed by atoms with Gasteiger partial charge >= 0.3 is 0 Å². The molecule has 1 unspecified atom stereocenters. The Bertz CT molecular complexity index is 1020. The zero-order valence-corrected chi connectivity index (χ0v) is 17.5. The van der Waals surface area contributed by atoms with E-state index in [9.17, 15) is 9.59 Å². The van der Waals surface area contributed by atoms with E-state index in [2.05, 4.69) is 4.98 Å². The van der Waals surface area contributed by atoms with Crippen LogP contribution >= 0.6 is 11.3 Å². The second kappa shape index (κ2) is 8.52. The number of carbonyl (C=O) groups is 1. The minimum absolute atomic E-state index is 0.147. The molecule has 1 amide bonds. The van der Waals surface area contributed by atoms with Crippen molar-refractivity contribution >= 4 is 17.2 Å². The molecular formula is C22H25N3O2S. The summed E-state index contributed by atoms with van der Waals surface area (Å²) in [5.74, 6) is -0.237. The molecule has 0 saturated carbocycles. The molecule has 0 aliphatic heterocycles. The highest BCUT2D eigenvalue weighted by Crippen LogP contribution is 2.17. The minimum Gasteiger partial charge on any atom is -0.341 e. The first kappa shape index (κ1) is 20.0. The molecule has 3 aromatic rings. The van der Waals surface area contributed by atoms with Gasteiger partial charge in [-0.25, -0.2) is 4.98 Å². The molecule has 0 N–H and O–H groups in total. The first-order valence-electron chi connectivity index (χ1n) is 9.31. The number of rotatable bonds is 6. The molecule has 1 atom stereocenters. The Balaban J connectivity index is 1.85. The third-order valence-corrected chi connectivity index (χ3v) is 6.10. The summed E-state index contributed by atoms with van der Waals surface area (Å²) < 4.78 is 1.64. The topological polar surface area (TPSA) is 55.2 Å². The first-order chi connectivity index (χ1) is 13.4. The monoisotopic (exact) mass is 395 g/mol. The number of nitrogens with zero attached hydrogens (tertiary/aromatic N) is 3. The highest BCUT2D eigenvalue weighted by molar-refractivity contribution is 7.09. The highest BCUT2D eigenvalue weighted by atomic mass is 32.1. The maximum absolute atomic E-state index is 13.1. The molecule has 0 fully saturated rings. The summed E-state index contributed by atoms with van der Waals surface area (Å²) in [6.07, 6.45) is 2.51. The third kappa shape index (κ3) is 4.07. The Labute approximate surface area is 169 Å². The number of benzene rings is 1. The van der Waals surface area contributed by atoms with E-state index in [4.69, 9.17) is 0 Å². The van der Waals surface area contributed by atoms with E-state index in [-0.39, 0.29) is 23.1 Å². The number of thiazole rings is 1. The molecule has 28 heavy (non-hydrogen) atoms. The zero-order chi connectivity index (χ0) is 20.3. The van der Waals surface area contributed by atoms with Crippen LogP contribution in [-0.2, 0) is 6.42 Å². The fraction of sp³-hybridized carbons (Fsp3) is 0.318. The summed E-state index contributed by atoms with van der Waals surface area (Å²) in [4.78, 5) is 33.2. The molecule has 0 bridgehead atoms. The van der Waals surface area contributed by atoms with Crippen LogP contribution in [0.1, 0.15) is 45.0 Å². The average molecular weight is 396 g/mol. The van der Waals surface area contributed by atoms with E-state index in [0.717, 1.165) is 17.7 Å². The molecule has 0 aliphatic rings. The molecule has 0 aliphatic carbocycles. The number of hydrogen-bond donors (Lipinski definition) is 0. The molecule has 2 heterocycles. The predicted molar refractivity (Wildman–Crippen MR) is 113 cm³/mol. The van der Waals surface area contributed by atoms with Crippen LogP contribution in [0.2, 0.25) is 0 Å². The standard InChI is InChI=1S/C22H25N3O2S/c1-15-10-13-25(17(3)18-8-6-5-7-9-18)22(27)20(15)21(26)24(4)12-11-19-16(2)23-14-28-19/h5-10,13-14,17H,11-12H2,1-4H3.